The van der Waals surface area contributed by atoms with Crippen molar-refractivity contribution >= 4 is 94.6 Å². The Hall–Kier alpha value is 2.35. The number of nitrogens with two attached hydrogens (primary N) is 2. The second kappa shape index (κ2) is 24.5. The topological polar surface area (TPSA) is 110 Å². The Bertz CT molecular complexity index is 106. The standard InChI is InChI=1S/C4H8O3.C2H8N2.3Na.3H/c1-2-3(5)4(6)7;3-1-2-4;;;;;;/h3,5H,2H2,1H3,(H,6,7);1-4H2;;;;;;. The predicted molar refractivity (Wildman–Crippen MR) is 63.5 cm³/mol. The number of carboxylic acid groups (broad SMARTS) is 1. The van der Waals surface area contributed by atoms with Crippen molar-refractivity contribution in [2.24, 2.45) is 11.5 Å². The summed E-state index contributed by atoms with van der Waals surface area (Å²) in [6.45, 7) is 2.80. The van der Waals surface area contributed by atoms with E-state index in [1.54, 1.807) is 6.92 Å². The summed E-state index contributed by atoms with van der Waals surface area (Å²) >= 11 is 0. The SMILES string of the molecule is CCC(O)C(=O)O.NCCN.[NaH].[NaH].[NaH]. The van der Waals surface area contributed by atoms with Crippen LogP contribution in [0.5, 0.6) is 0 Å². The number of hydrogen-bond acceptors (Lipinski definition) is 4. The molecule has 0 radical (unpaired) electrons. The molecule has 1 atom stereocenters. The zero-order chi connectivity index (χ0) is 9.28. The first kappa shape index (κ1) is 29.9. The molecule has 8 heteroatoms. The van der Waals surface area contributed by atoms with Gasteiger partial charge in [0, 0.05) is 13.1 Å². The number of aliphatic hydroxyl groups excluding tert-OH is 1. The Morgan fingerprint density at radius 3 is 1.50 bits per heavy atom. The van der Waals surface area contributed by atoms with Gasteiger partial charge in [-0.25, -0.2) is 4.79 Å². The number of carbonyl (C=O) groups is 1. The molecule has 0 aromatic carbocycles. The first-order valence-corrected chi connectivity index (χ1v) is 3.41. The molecule has 0 aromatic heterocycles. The molecule has 5 nitrogen and oxygen atoms in total. The maximum absolute atomic E-state index is 9.68. The van der Waals surface area contributed by atoms with Crippen LogP contribution in [0.1, 0.15) is 13.3 Å². The second-order valence-electron chi connectivity index (χ2n) is 1.84. The first-order valence-electron chi connectivity index (χ1n) is 3.41. The van der Waals surface area contributed by atoms with Gasteiger partial charge in [-0.15, -0.1) is 0 Å². The van der Waals surface area contributed by atoms with Gasteiger partial charge in [-0.05, 0) is 6.42 Å². The quantitative estimate of drug-likeness (QED) is 0.386. The van der Waals surface area contributed by atoms with E-state index in [0.29, 0.717) is 13.1 Å². The minimum atomic E-state index is -1.18. The zero-order valence-electron chi connectivity index (χ0n) is 6.66. The number of aliphatic hydroxyl groups is 1. The fourth-order valence-electron chi connectivity index (χ4n) is 0.175. The van der Waals surface area contributed by atoms with Crippen molar-refractivity contribution in [3.05, 3.63) is 0 Å². The van der Waals surface area contributed by atoms with E-state index in [1.165, 1.54) is 0 Å². The van der Waals surface area contributed by atoms with Crippen molar-refractivity contribution in [2.45, 2.75) is 19.4 Å². The van der Waals surface area contributed by atoms with E-state index in [9.17, 15) is 4.79 Å². The summed E-state index contributed by atoms with van der Waals surface area (Å²) < 4.78 is 0. The molecule has 0 fully saturated rings. The third-order valence-corrected chi connectivity index (χ3v) is 0.838. The van der Waals surface area contributed by atoms with E-state index in [4.69, 9.17) is 21.7 Å². The summed E-state index contributed by atoms with van der Waals surface area (Å²) in [5, 5.41) is 16.3. The molecule has 0 aliphatic heterocycles. The molecule has 0 heterocycles. The van der Waals surface area contributed by atoms with Crippen LogP contribution in [-0.2, 0) is 4.79 Å². The number of aliphatic carboxylic acids is 1. The normalized spacial score (nSPS) is 8.86. The third-order valence-electron chi connectivity index (χ3n) is 0.838. The van der Waals surface area contributed by atoms with Crippen LogP contribution in [0.15, 0.2) is 0 Å². The fraction of sp³-hybridized carbons (Fsp3) is 0.833. The number of carboxylic acids is 1. The molecule has 0 bridgehead atoms. The monoisotopic (exact) mass is 236 g/mol. The van der Waals surface area contributed by atoms with Crippen LogP contribution < -0.4 is 11.5 Å². The fourth-order valence-corrected chi connectivity index (χ4v) is 0.175. The van der Waals surface area contributed by atoms with Crippen LogP contribution in [0.3, 0.4) is 0 Å². The third kappa shape index (κ3) is 29.3. The minimum absolute atomic E-state index is 0. The van der Waals surface area contributed by atoms with Crippen molar-refractivity contribution in [1.29, 1.82) is 0 Å². The van der Waals surface area contributed by atoms with Gasteiger partial charge in [0.2, 0.25) is 0 Å². The van der Waals surface area contributed by atoms with Gasteiger partial charge in [-0.2, -0.15) is 0 Å². The molecule has 0 amide bonds. The zero-order valence-corrected chi connectivity index (χ0v) is 6.66. The molecule has 0 rings (SSSR count). The molecule has 0 aromatic rings. The van der Waals surface area contributed by atoms with Crippen LogP contribution in [0.2, 0.25) is 0 Å². The van der Waals surface area contributed by atoms with E-state index < -0.39 is 12.1 Å². The number of rotatable bonds is 3. The first-order chi connectivity index (χ1) is 5.09. The summed E-state index contributed by atoms with van der Waals surface area (Å²) in [5.74, 6) is -1.15. The molecule has 1 unspecified atom stereocenters. The van der Waals surface area contributed by atoms with Crippen LogP contribution in [-0.4, -0.2) is 124 Å². The molecular weight excluding hydrogens is 217 g/mol. The molecular formula is C6H19N2Na3O3. The van der Waals surface area contributed by atoms with E-state index in [-0.39, 0.29) is 95.1 Å². The molecule has 0 spiro atoms. The Morgan fingerprint density at radius 2 is 1.50 bits per heavy atom. The van der Waals surface area contributed by atoms with Crippen molar-refractivity contribution in [3.63, 3.8) is 0 Å². The Balaban J connectivity index is -0.0000000347. The molecule has 6 N–H and O–H groups in total. The van der Waals surface area contributed by atoms with E-state index >= 15 is 0 Å². The van der Waals surface area contributed by atoms with Gasteiger partial charge < -0.3 is 21.7 Å². The number of hydrogen-bond donors (Lipinski definition) is 4. The van der Waals surface area contributed by atoms with Crippen LogP contribution in [0.4, 0.5) is 0 Å². The average molecular weight is 236 g/mol. The van der Waals surface area contributed by atoms with Crippen LogP contribution in [0.25, 0.3) is 0 Å². The Morgan fingerprint density at radius 1 is 1.21 bits per heavy atom. The average Bonchev–Trinajstić information content (AvgIpc) is 2.03. The van der Waals surface area contributed by atoms with Gasteiger partial charge >= 0.3 is 94.6 Å². The molecule has 74 valence electrons. The van der Waals surface area contributed by atoms with Gasteiger partial charge in [-0.1, -0.05) is 6.92 Å². The molecule has 0 saturated heterocycles. The summed E-state index contributed by atoms with van der Waals surface area (Å²) in [7, 11) is 0. The van der Waals surface area contributed by atoms with Crippen molar-refractivity contribution in [2.75, 3.05) is 13.1 Å². The summed E-state index contributed by atoms with van der Waals surface area (Å²) in [6.07, 6.45) is -0.907. The molecule has 0 saturated carbocycles. The maximum atomic E-state index is 9.68. The molecule has 0 aliphatic carbocycles. The van der Waals surface area contributed by atoms with Gasteiger partial charge in [0.1, 0.15) is 0 Å². The summed E-state index contributed by atoms with van der Waals surface area (Å²) in [5.41, 5.74) is 9.81. The second-order valence-corrected chi connectivity index (χ2v) is 1.84. The van der Waals surface area contributed by atoms with E-state index in [0.717, 1.165) is 0 Å². The molecule has 14 heavy (non-hydrogen) atoms. The summed E-state index contributed by atoms with van der Waals surface area (Å²) in [4.78, 5) is 9.68. The summed E-state index contributed by atoms with van der Waals surface area (Å²) in [6, 6.07) is 0. The van der Waals surface area contributed by atoms with Gasteiger partial charge in [0.05, 0.1) is 0 Å². The van der Waals surface area contributed by atoms with Crippen LogP contribution in [0, 0.1) is 0 Å². The predicted octanol–water partition coefficient (Wildman–Crippen LogP) is -3.20. The van der Waals surface area contributed by atoms with E-state index in [2.05, 4.69) is 0 Å². The van der Waals surface area contributed by atoms with Crippen LogP contribution >= 0.6 is 0 Å². The molecule has 0 aliphatic rings. The van der Waals surface area contributed by atoms with Crippen molar-refractivity contribution in [3.8, 4) is 0 Å². The van der Waals surface area contributed by atoms with Crippen molar-refractivity contribution in [1.82, 2.24) is 0 Å². The Kier molecular flexibility index (Phi) is 52.4. The van der Waals surface area contributed by atoms with Crippen molar-refractivity contribution < 1.29 is 15.0 Å². The van der Waals surface area contributed by atoms with Gasteiger partial charge in [-0.3, -0.25) is 0 Å². The van der Waals surface area contributed by atoms with E-state index in [1.807, 2.05) is 0 Å². The van der Waals surface area contributed by atoms with Gasteiger partial charge in [0.25, 0.3) is 0 Å². The van der Waals surface area contributed by atoms with Gasteiger partial charge in [0.15, 0.2) is 6.10 Å². The Labute approximate surface area is 151 Å².